The van der Waals surface area contributed by atoms with Crippen LogP contribution in [0.5, 0.6) is 0 Å². The summed E-state index contributed by atoms with van der Waals surface area (Å²) in [5, 5.41) is 0. The summed E-state index contributed by atoms with van der Waals surface area (Å²) in [6.45, 7) is 4.50. The van der Waals surface area contributed by atoms with Crippen LogP contribution in [-0.2, 0) is 20.8 Å². The molecule has 0 bridgehead atoms. The molecule has 0 saturated heterocycles. The van der Waals surface area contributed by atoms with Gasteiger partial charge < -0.3 is 0 Å². The summed E-state index contributed by atoms with van der Waals surface area (Å²) >= 11 is -0.826. The van der Waals surface area contributed by atoms with Crippen LogP contribution in [-0.4, -0.2) is 0 Å². The molecule has 0 unspecified atom stereocenters. The average molecular weight is 461 g/mol. The molecule has 0 amide bonds. The average Bonchev–Trinajstić information content (AvgIpc) is 3.31. The summed E-state index contributed by atoms with van der Waals surface area (Å²) in [5.74, 6) is 0. The third-order valence-corrected chi connectivity index (χ3v) is 4.13. The van der Waals surface area contributed by atoms with Crippen LogP contribution in [0.2, 0.25) is 0 Å². The van der Waals surface area contributed by atoms with Gasteiger partial charge in [-0.3, -0.25) is 12.2 Å². The molecule has 0 aromatic carbocycles. The van der Waals surface area contributed by atoms with Gasteiger partial charge in [-0.05, 0) is 0 Å². The minimum atomic E-state index is -0.826. The maximum atomic E-state index is 4.93. The molecule has 3 heteroatoms. The predicted molar refractivity (Wildman–Crippen MR) is 110 cm³/mol. The van der Waals surface area contributed by atoms with E-state index in [1.54, 1.807) is 0 Å². The van der Waals surface area contributed by atoms with E-state index in [1.165, 1.54) is 75.4 Å². The van der Waals surface area contributed by atoms with Crippen molar-refractivity contribution in [2.75, 3.05) is 0 Å². The van der Waals surface area contributed by atoms with Gasteiger partial charge in [0.05, 0.1) is 0 Å². The molecule has 0 N–H and O–H groups in total. The Hall–Kier alpha value is 0.423. The third kappa shape index (κ3) is 17.6. The van der Waals surface area contributed by atoms with E-state index >= 15 is 0 Å². The molecule has 0 aliphatic heterocycles. The summed E-state index contributed by atoms with van der Waals surface area (Å²) < 4.78 is 0. The first-order valence-electron chi connectivity index (χ1n) is 9.77. The van der Waals surface area contributed by atoms with Gasteiger partial charge in [-0.2, -0.15) is 12.2 Å². The van der Waals surface area contributed by atoms with Crippen molar-refractivity contribution in [1.29, 1.82) is 0 Å². The fraction of sp³-hybridized carbons (Fsp3) is 0.636. The molecule has 0 atom stereocenters. The van der Waals surface area contributed by atoms with Crippen LogP contribution < -0.4 is 0 Å². The fourth-order valence-electron chi connectivity index (χ4n) is 2.73. The molecule has 0 nitrogen and oxygen atoms in total. The van der Waals surface area contributed by atoms with Crippen molar-refractivity contribution < 1.29 is 20.8 Å². The molecule has 0 fully saturated rings. The first kappa shape index (κ1) is 25.4. The third-order valence-electron chi connectivity index (χ3n) is 4.13. The number of rotatable bonds is 10. The van der Waals surface area contributed by atoms with Gasteiger partial charge in [0.25, 0.3) is 0 Å². The number of halogens is 2. The van der Waals surface area contributed by atoms with E-state index in [4.69, 9.17) is 17.0 Å². The molecule has 2 aliphatic rings. The van der Waals surface area contributed by atoms with Crippen molar-refractivity contribution in [2.45, 2.75) is 90.9 Å². The van der Waals surface area contributed by atoms with E-state index < -0.39 is 20.8 Å². The molecule has 0 saturated carbocycles. The Labute approximate surface area is 175 Å². The van der Waals surface area contributed by atoms with E-state index in [2.05, 4.69) is 50.3 Å². The maximum absolute atomic E-state index is 4.93. The number of unbranched alkanes of at least 4 members (excludes halogenated alkanes) is 6. The van der Waals surface area contributed by atoms with Crippen LogP contribution in [0.4, 0.5) is 0 Å². The van der Waals surface area contributed by atoms with Crippen molar-refractivity contribution >= 4 is 17.0 Å². The van der Waals surface area contributed by atoms with Gasteiger partial charge in [-0.1, -0.05) is 78.1 Å². The molecule has 0 aromatic rings. The Morgan fingerprint density at radius 3 is 1.44 bits per heavy atom. The normalized spacial score (nSPS) is 14.1. The number of hydrogen-bond donors (Lipinski definition) is 0. The Kier molecular flexibility index (Phi) is 21.1. The van der Waals surface area contributed by atoms with Crippen LogP contribution in [0, 0.1) is 12.2 Å². The predicted octanol–water partition coefficient (Wildman–Crippen LogP) is 8.67. The Bertz CT molecular complexity index is 370. The van der Waals surface area contributed by atoms with Crippen molar-refractivity contribution in [3.63, 3.8) is 0 Å². The summed E-state index contributed by atoms with van der Waals surface area (Å²) in [6.07, 6.45) is 31.0. The zero-order valence-electron chi connectivity index (χ0n) is 16.1. The number of hydrogen-bond acceptors (Lipinski definition) is 0. The summed E-state index contributed by atoms with van der Waals surface area (Å²) in [4.78, 5) is 0. The van der Waals surface area contributed by atoms with Gasteiger partial charge >= 0.3 is 37.9 Å². The molecular weight excluding hydrogens is 426 g/mol. The molecule has 0 spiro atoms. The number of allylic oxidation sites excluding steroid dienone is 8. The van der Waals surface area contributed by atoms with Gasteiger partial charge in [0.2, 0.25) is 0 Å². The molecule has 140 valence electrons. The van der Waals surface area contributed by atoms with Gasteiger partial charge in [0.1, 0.15) is 0 Å². The quantitative estimate of drug-likeness (QED) is 0.226. The van der Waals surface area contributed by atoms with E-state index in [0.29, 0.717) is 0 Å². The minimum absolute atomic E-state index is 0.826. The molecule has 0 aromatic heterocycles. The SMILES string of the molecule is CCCCCCC1=[C-]CC=C1.CCCCCCC1=[C-]CC=C1.[Cl][Zr+2][Cl]. The Balaban J connectivity index is 0.000000399. The molecule has 0 radical (unpaired) electrons. The van der Waals surface area contributed by atoms with Crippen molar-refractivity contribution in [3.8, 4) is 0 Å². The van der Waals surface area contributed by atoms with Crippen LogP contribution >= 0.6 is 17.0 Å². The topological polar surface area (TPSA) is 0 Å². The van der Waals surface area contributed by atoms with E-state index in [9.17, 15) is 0 Å². The van der Waals surface area contributed by atoms with Crippen molar-refractivity contribution in [2.24, 2.45) is 0 Å². The summed E-state index contributed by atoms with van der Waals surface area (Å²) in [7, 11) is 9.87. The van der Waals surface area contributed by atoms with Crippen LogP contribution in [0.15, 0.2) is 35.5 Å². The van der Waals surface area contributed by atoms with Crippen molar-refractivity contribution in [1.82, 2.24) is 0 Å². The Morgan fingerprint density at radius 2 is 1.16 bits per heavy atom. The zero-order chi connectivity index (χ0) is 18.6. The molecule has 0 heterocycles. The molecule has 2 aliphatic carbocycles. The van der Waals surface area contributed by atoms with Crippen molar-refractivity contribution in [3.05, 3.63) is 47.6 Å². The zero-order valence-corrected chi connectivity index (χ0v) is 20.0. The van der Waals surface area contributed by atoms with E-state index in [-0.39, 0.29) is 0 Å². The van der Waals surface area contributed by atoms with Crippen LogP contribution in [0.1, 0.15) is 90.9 Å². The first-order valence-corrected chi connectivity index (χ1v) is 16.1. The van der Waals surface area contributed by atoms with Gasteiger partial charge in [0, 0.05) is 0 Å². The Morgan fingerprint density at radius 1 is 0.760 bits per heavy atom. The monoisotopic (exact) mass is 458 g/mol. The molecule has 25 heavy (non-hydrogen) atoms. The van der Waals surface area contributed by atoms with Crippen LogP contribution in [0.25, 0.3) is 0 Å². The van der Waals surface area contributed by atoms with E-state index in [1.807, 2.05) is 0 Å². The standard InChI is InChI=1S/2C11H17.2ClH.Zr/c2*1-2-3-4-5-8-11-9-6-7-10-11;;;/h2*6,9H,2-5,7-8H2,1H3;2*1H;/q2*-1;;;+4/p-2. The van der Waals surface area contributed by atoms with E-state index in [0.717, 1.165) is 12.8 Å². The second-order valence-electron chi connectivity index (χ2n) is 6.31. The molecular formula is C22H34Cl2Zr. The van der Waals surface area contributed by atoms with Gasteiger partial charge in [-0.15, -0.1) is 12.8 Å². The second-order valence-corrected chi connectivity index (χ2v) is 10.0. The van der Waals surface area contributed by atoms with Crippen LogP contribution in [0.3, 0.4) is 0 Å². The summed E-state index contributed by atoms with van der Waals surface area (Å²) in [5.41, 5.74) is 2.86. The first-order chi connectivity index (χ1) is 12.3. The van der Waals surface area contributed by atoms with Gasteiger partial charge in [0.15, 0.2) is 0 Å². The fourth-order valence-corrected chi connectivity index (χ4v) is 2.73. The summed E-state index contributed by atoms with van der Waals surface area (Å²) in [6, 6.07) is 0. The second kappa shape index (κ2) is 20.7. The molecule has 2 rings (SSSR count). The van der Waals surface area contributed by atoms with Gasteiger partial charge in [-0.25, -0.2) is 23.3 Å².